The van der Waals surface area contributed by atoms with E-state index in [2.05, 4.69) is 23.3 Å². The first-order valence-electron chi connectivity index (χ1n) is 9.47. The molecule has 1 saturated heterocycles. The fourth-order valence-electron chi connectivity index (χ4n) is 3.75. The Morgan fingerprint density at radius 2 is 2.08 bits per heavy atom. The lowest BCUT2D eigenvalue weighted by Gasteiger charge is -2.30. The number of sulfonamides is 1. The molecule has 1 aliphatic rings. The Morgan fingerprint density at radius 3 is 2.73 bits per heavy atom. The summed E-state index contributed by atoms with van der Waals surface area (Å²) < 4.78 is 28.4. The van der Waals surface area contributed by atoms with E-state index in [0.29, 0.717) is 4.90 Å². The van der Waals surface area contributed by atoms with Gasteiger partial charge in [-0.2, -0.15) is 0 Å². The standard InChI is InChI=1S/C19H30N4O2S/c1-5-10-23-18-9-8-16(26(24,25)21(3)4)12-17(18)20-19(23)14-22-11-6-7-15(2)13-22/h8-9,12,15H,5-7,10-11,13-14H2,1-4H3/t15-/m0/s1. The third kappa shape index (κ3) is 3.80. The van der Waals surface area contributed by atoms with E-state index in [1.807, 2.05) is 6.07 Å². The molecule has 2 heterocycles. The van der Waals surface area contributed by atoms with Gasteiger partial charge in [-0.1, -0.05) is 13.8 Å². The number of aromatic nitrogens is 2. The van der Waals surface area contributed by atoms with Crippen LogP contribution in [0.1, 0.15) is 38.9 Å². The van der Waals surface area contributed by atoms with Crippen LogP contribution in [0.15, 0.2) is 23.1 Å². The van der Waals surface area contributed by atoms with Crippen LogP contribution in [-0.2, 0) is 23.1 Å². The first kappa shape index (κ1) is 19.3. The number of fused-ring (bicyclic) bond motifs is 1. The van der Waals surface area contributed by atoms with E-state index >= 15 is 0 Å². The normalized spacial score (nSPS) is 19.5. The minimum absolute atomic E-state index is 0.300. The minimum atomic E-state index is -3.45. The molecule has 0 saturated carbocycles. The molecule has 0 spiro atoms. The van der Waals surface area contributed by atoms with Crippen molar-refractivity contribution in [3.63, 3.8) is 0 Å². The topological polar surface area (TPSA) is 58.4 Å². The zero-order chi connectivity index (χ0) is 18.9. The van der Waals surface area contributed by atoms with Crippen LogP contribution in [-0.4, -0.2) is 54.4 Å². The summed E-state index contributed by atoms with van der Waals surface area (Å²) in [5, 5.41) is 0. The lowest BCUT2D eigenvalue weighted by Crippen LogP contribution is -2.34. The smallest absolute Gasteiger partial charge is 0.242 e. The first-order chi connectivity index (χ1) is 12.3. The average molecular weight is 379 g/mol. The molecule has 1 aromatic heterocycles. The lowest BCUT2D eigenvalue weighted by atomic mass is 10.0. The number of likely N-dealkylation sites (tertiary alicyclic amines) is 1. The molecule has 0 N–H and O–H groups in total. The highest BCUT2D eigenvalue weighted by molar-refractivity contribution is 7.89. The predicted molar refractivity (Wildman–Crippen MR) is 105 cm³/mol. The first-order valence-corrected chi connectivity index (χ1v) is 10.9. The molecule has 26 heavy (non-hydrogen) atoms. The maximum atomic E-state index is 12.4. The molecule has 6 nitrogen and oxygen atoms in total. The largest absolute Gasteiger partial charge is 0.327 e. The van der Waals surface area contributed by atoms with Crippen molar-refractivity contribution in [2.75, 3.05) is 27.2 Å². The highest BCUT2D eigenvalue weighted by Crippen LogP contribution is 2.24. The van der Waals surface area contributed by atoms with Gasteiger partial charge in [0.25, 0.3) is 0 Å². The number of rotatable bonds is 6. The summed E-state index contributed by atoms with van der Waals surface area (Å²) in [4.78, 5) is 7.59. The van der Waals surface area contributed by atoms with Crippen LogP contribution in [0.2, 0.25) is 0 Å². The van der Waals surface area contributed by atoms with Gasteiger partial charge < -0.3 is 4.57 Å². The number of nitrogens with zero attached hydrogens (tertiary/aromatic N) is 4. The average Bonchev–Trinajstić information content (AvgIpc) is 2.92. The van der Waals surface area contributed by atoms with Crippen LogP contribution in [0.3, 0.4) is 0 Å². The van der Waals surface area contributed by atoms with Gasteiger partial charge in [0.1, 0.15) is 5.82 Å². The molecule has 3 rings (SSSR count). The molecule has 0 amide bonds. The summed E-state index contributed by atoms with van der Waals surface area (Å²) >= 11 is 0. The van der Waals surface area contributed by atoms with E-state index in [9.17, 15) is 8.42 Å². The Kier molecular flexibility index (Phi) is 5.69. The van der Waals surface area contributed by atoms with Crippen molar-refractivity contribution in [2.45, 2.75) is 51.1 Å². The molecule has 2 aromatic rings. The van der Waals surface area contributed by atoms with Crippen LogP contribution in [0.25, 0.3) is 11.0 Å². The number of piperidine rings is 1. The zero-order valence-electron chi connectivity index (χ0n) is 16.3. The quantitative estimate of drug-likeness (QED) is 0.775. The second kappa shape index (κ2) is 7.66. The van der Waals surface area contributed by atoms with Crippen molar-refractivity contribution in [2.24, 2.45) is 5.92 Å². The molecule has 1 atom stereocenters. The summed E-state index contributed by atoms with van der Waals surface area (Å²) in [5.41, 5.74) is 1.78. The van der Waals surface area contributed by atoms with Crippen LogP contribution < -0.4 is 0 Å². The van der Waals surface area contributed by atoms with Gasteiger partial charge in [0.2, 0.25) is 10.0 Å². The van der Waals surface area contributed by atoms with Gasteiger partial charge in [0.05, 0.1) is 22.5 Å². The molecule has 1 aliphatic heterocycles. The molecular weight excluding hydrogens is 348 g/mol. The van der Waals surface area contributed by atoms with E-state index in [0.717, 1.165) is 55.4 Å². The summed E-state index contributed by atoms with van der Waals surface area (Å²) in [6.07, 6.45) is 3.56. The monoisotopic (exact) mass is 378 g/mol. The van der Waals surface area contributed by atoms with Crippen LogP contribution in [0, 0.1) is 5.92 Å². The van der Waals surface area contributed by atoms with Crippen molar-refractivity contribution in [3.8, 4) is 0 Å². The highest BCUT2D eigenvalue weighted by Gasteiger charge is 2.22. The number of aryl methyl sites for hydroxylation is 1. The van der Waals surface area contributed by atoms with Crippen LogP contribution in [0.5, 0.6) is 0 Å². The highest BCUT2D eigenvalue weighted by atomic mass is 32.2. The predicted octanol–water partition coefficient (Wildman–Crippen LogP) is 2.93. The fourth-order valence-corrected chi connectivity index (χ4v) is 4.68. The fraction of sp³-hybridized carbons (Fsp3) is 0.632. The summed E-state index contributed by atoms with van der Waals surface area (Å²) in [6, 6.07) is 5.30. The molecule has 0 aliphatic carbocycles. The molecule has 1 aromatic carbocycles. The van der Waals surface area contributed by atoms with Crippen molar-refractivity contribution < 1.29 is 8.42 Å². The molecule has 0 bridgehead atoms. The van der Waals surface area contributed by atoms with Crippen molar-refractivity contribution in [3.05, 3.63) is 24.0 Å². The van der Waals surface area contributed by atoms with E-state index in [4.69, 9.17) is 4.98 Å². The maximum absolute atomic E-state index is 12.4. The third-order valence-electron chi connectivity index (χ3n) is 5.13. The Morgan fingerprint density at radius 1 is 1.31 bits per heavy atom. The van der Waals surface area contributed by atoms with Gasteiger partial charge in [0.15, 0.2) is 0 Å². The molecule has 0 radical (unpaired) electrons. The number of imidazole rings is 1. The van der Waals surface area contributed by atoms with Gasteiger partial charge in [-0.25, -0.2) is 17.7 Å². The van der Waals surface area contributed by atoms with E-state index in [1.165, 1.54) is 17.1 Å². The Balaban J connectivity index is 1.98. The van der Waals surface area contributed by atoms with Crippen LogP contribution in [0.4, 0.5) is 0 Å². The van der Waals surface area contributed by atoms with Crippen LogP contribution >= 0.6 is 0 Å². The number of hydrogen-bond donors (Lipinski definition) is 0. The van der Waals surface area contributed by atoms with Crippen molar-refractivity contribution in [1.29, 1.82) is 0 Å². The van der Waals surface area contributed by atoms with Crippen molar-refractivity contribution >= 4 is 21.1 Å². The minimum Gasteiger partial charge on any atom is -0.327 e. The lowest BCUT2D eigenvalue weighted by molar-refractivity contribution is 0.171. The molecule has 7 heteroatoms. The second-order valence-electron chi connectivity index (χ2n) is 7.60. The van der Waals surface area contributed by atoms with Gasteiger partial charge in [-0.3, -0.25) is 4.90 Å². The Bertz CT molecular complexity index is 873. The maximum Gasteiger partial charge on any atom is 0.242 e. The number of hydrogen-bond acceptors (Lipinski definition) is 4. The Labute approximate surface area is 156 Å². The summed E-state index contributed by atoms with van der Waals surface area (Å²) in [5.74, 6) is 1.76. The van der Waals surface area contributed by atoms with E-state index < -0.39 is 10.0 Å². The van der Waals surface area contributed by atoms with E-state index in [-0.39, 0.29) is 0 Å². The summed E-state index contributed by atoms with van der Waals surface area (Å²) in [6.45, 7) is 8.41. The molecular formula is C19H30N4O2S. The summed E-state index contributed by atoms with van der Waals surface area (Å²) in [7, 11) is -0.338. The van der Waals surface area contributed by atoms with Gasteiger partial charge in [-0.05, 0) is 49.9 Å². The molecule has 144 valence electrons. The second-order valence-corrected chi connectivity index (χ2v) is 9.75. The van der Waals surface area contributed by atoms with Gasteiger partial charge in [0, 0.05) is 27.2 Å². The molecule has 1 fully saturated rings. The third-order valence-corrected chi connectivity index (χ3v) is 6.94. The van der Waals surface area contributed by atoms with Crippen molar-refractivity contribution in [1.82, 2.24) is 18.8 Å². The van der Waals surface area contributed by atoms with Gasteiger partial charge >= 0.3 is 0 Å². The molecule has 0 unspecified atom stereocenters. The Hall–Kier alpha value is -1.44. The zero-order valence-corrected chi connectivity index (χ0v) is 17.1. The SMILES string of the molecule is CCCn1c(CN2CCC[C@H](C)C2)nc2cc(S(=O)(=O)N(C)C)ccc21. The van der Waals surface area contributed by atoms with Gasteiger partial charge in [-0.15, -0.1) is 0 Å². The number of benzene rings is 1. The van der Waals surface area contributed by atoms with E-state index in [1.54, 1.807) is 26.2 Å².